The molecule has 0 atom stereocenters. The molecule has 0 fully saturated rings. The Hall–Kier alpha value is -0.666. The second-order valence-electron chi connectivity index (χ2n) is 12.4. The number of para-hydroxylation sites is 2. The van der Waals surface area contributed by atoms with Crippen molar-refractivity contribution in [1.29, 1.82) is 0 Å². The zero-order valence-electron chi connectivity index (χ0n) is 22.6. The van der Waals surface area contributed by atoms with E-state index in [9.17, 15) is 10.2 Å². The molecule has 0 saturated carbocycles. The smallest absolute Gasteiger partial charge is 1.00 e. The van der Waals surface area contributed by atoms with Crippen molar-refractivity contribution in [3.8, 4) is 11.5 Å². The van der Waals surface area contributed by atoms with Crippen LogP contribution in [0.1, 0.15) is 105 Å². The summed E-state index contributed by atoms with van der Waals surface area (Å²) in [5, 5.41) is 20.5. The summed E-state index contributed by atoms with van der Waals surface area (Å²) in [4.78, 5) is 0. The molecule has 2 N–H and O–H groups in total. The Kier molecular flexibility index (Phi) is 14.4. The Bertz CT molecular complexity index is 727. The van der Waals surface area contributed by atoms with E-state index < -0.39 is 0 Å². The molecule has 2 aromatic rings. The molecule has 0 aliphatic rings. The minimum Gasteiger partial charge on any atom is -1.00 e. The van der Waals surface area contributed by atoms with Crippen LogP contribution in [-0.4, -0.2) is 10.2 Å². The maximum atomic E-state index is 10.3. The maximum absolute atomic E-state index is 10.3. The van der Waals surface area contributed by atoms with Gasteiger partial charge in [0.25, 0.3) is 0 Å². The predicted octanol–water partition coefficient (Wildman–Crippen LogP) is 1.98. The fourth-order valence-corrected chi connectivity index (χ4v) is 3.51. The number of phenolic OH excluding ortho intramolecular Hbond substituents is 2. The molecular weight excluding hydrogens is 487 g/mol. The van der Waals surface area contributed by atoms with Gasteiger partial charge in [-0.25, -0.2) is 0 Å². The zero-order chi connectivity index (χ0) is 23.7. The van der Waals surface area contributed by atoms with Gasteiger partial charge < -0.3 is 35.0 Å². The Balaban J connectivity index is -0.000000500. The van der Waals surface area contributed by atoms with Crippen LogP contribution < -0.4 is 24.8 Å². The summed E-state index contributed by atoms with van der Waals surface area (Å²) in [5.41, 5.74) is 4.06. The summed E-state index contributed by atoms with van der Waals surface area (Å²) in [6.45, 7) is 25.4. The van der Waals surface area contributed by atoms with Gasteiger partial charge in [-0.1, -0.05) is 119 Å². The van der Waals surface area contributed by atoms with Crippen LogP contribution in [0.15, 0.2) is 36.4 Å². The molecule has 0 heterocycles. The van der Waals surface area contributed by atoms with Gasteiger partial charge in [0.2, 0.25) is 0 Å². The van der Waals surface area contributed by atoms with Gasteiger partial charge in [-0.3, -0.25) is 0 Å². The monoisotopic (exact) mass is 530 g/mol. The van der Waals surface area contributed by atoms with Crippen molar-refractivity contribution in [2.75, 3.05) is 0 Å². The molecule has 2 aromatic carbocycles. The number of benzene rings is 2. The van der Waals surface area contributed by atoms with E-state index in [4.69, 9.17) is 0 Å². The summed E-state index contributed by atoms with van der Waals surface area (Å²) in [7, 11) is 0. The van der Waals surface area contributed by atoms with Gasteiger partial charge >= 0.3 is 21.7 Å². The Morgan fingerprint density at radius 3 is 0.697 bits per heavy atom. The van der Waals surface area contributed by atoms with E-state index in [-0.39, 0.29) is 68.2 Å². The first-order valence-corrected chi connectivity index (χ1v) is 10.9. The van der Waals surface area contributed by atoms with Crippen LogP contribution >= 0.6 is 0 Å². The summed E-state index contributed by atoms with van der Waals surface area (Å²) in [5.74, 6) is 0.912. The van der Waals surface area contributed by atoms with Crippen LogP contribution in [0.25, 0.3) is 0 Å². The van der Waals surface area contributed by atoms with Crippen molar-refractivity contribution < 1.29 is 56.7 Å². The molecule has 0 spiro atoms. The van der Waals surface area contributed by atoms with Gasteiger partial charge in [-0.05, 0) is 43.9 Å². The van der Waals surface area contributed by atoms with E-state index in [0.717, 1.165) is 22.3 Å². The number of aromatic hydroxyl groups is 2. The van der Waals surface area contributed by atoms with Crippen LogP contribution in [0.4, 0.5) is 0 Å². The van der Waals surface area contributed by atoms with Gasteiger partial charge in [-0.2, -0.15) is 0 Å². The van der Waals surface area contributed by atoms with Gasteiger partial charge in [-0.15, -0.1) is 0 Å². The van der Waals surface area contributed by atoms with Crippen molar-refractivity contribution >= 4 is 0 Å². The van der Waals surface area contributed by atoms with Crippen LogP contribution in [0.2, 0.25) is 0 Å². The molecule has 0 saturated heterocycles. The Morgan fingerprint density at radius 1 is 0.424 bits per heavy atom. The quantitative estimate of drug-likeness (QED) is 0.511. The minimum atomic E-state index is -0.00859. The molecule has 2 nitrogen and oxygen atoms in total. The summed E-state index contributed by atoms with van der Waals surface area (Å²) < 4.78 is 0. The fourth-order valence-electron chi connectivity index (χ4n) is 3.51. The molecule has 2 rings (SSSR count). The molecule has 0 bridgehead atoms. The van der Waals surface area contributed by atoms with Crippen LogP contribution in [0.5, 0.6) is 11.5 Å². The zero-order valence-corrected chi connectivity index (χ0v) is 25.7. The summed E-state index contributed by atoms with van der Waals surface area (Å²) >= 11 is 0. The SMILES string of the molecule is CC(C)(C)c1cccc(C(C)(C)C)c1O.CC(C)(C)c1cccc(C(C)(C)C)c1O.[Cl-].[Cl-].[Ti+2]. The van der Waals surface area contributed by atoms with E-state index in [1.54, 1.807) is 0 Å². The van der Waals surface area contributed by atoms with Gasteiger partial charge in [0.1, 0.15) is 11.5 Å². The molecule has 0 unspecified atom stereocenters. The summed E-state index contributed by atoms with van der Waals surface area (Å²) in [6, 6.07) is 12.1. The molecule has 0 aliphatic heterocycles. The van der Waals surface area contributed by atoms with Crippen molar-refractivity contribution in [1.82, 2.24) is 0 Å². The van der Waals surface area contributed by atoms with E-state index in [2.05, 4.69) is 83.1 Å². The van der Waals surface area contributed by atoms with Crippen LogP contribution in [0, 0.1) is 0 Å². The first-order chi connectivity index (χ1) is 13.3. The van der Waals surface area contributed by atoms with E-state index in [0.29, 0.717) is 11.5 Å². The Labute approximate surface area is 230 Å². The normalized spacial score (nSPS) is 11.8. The maximum Gasteiger partial charge on any atom is 2.00 e. The van der Waals surface area contributed by atoms with E-state index in [1.165, 1.54) is 0 Å². The van der Waals surface area contributed by atoms with E-state index >= 15 is 0 Å². The standard InChI is InChI=1S/2C14H22O.2ClH.Ti/c2*1-13(2,3)10-8-7-9-11(12(10)15)14(4,5)6;;;/h2*7-9,15H,1-6H3;2*1H;/q;;;;+2/p-2. The third kappa shape index (κ3) is 10.2. The first-order valence-electron chi connectivity index (χ1n) is 10.9. The Morgan fingerprint density at radius 2 is 0.576 bits per heavy atom. The van der Waals surface area contributed by atoms with Gasteiger partial charge in [0.15, 0.2) is 0 Å². The van der Waals surface area contributed by atoms with Crippen LogP contribution in [-0.2, 0) is 43.4 Å². The second-order valence-corrected chi connectivity index (χ2v) is 12.4. The summed E-state index contributed by atoms with van der Waals surface area (Å²) in [6.07, 6.45) is 0. The van der Waals surface area contributed by atoms with Gasteiger partial charge in [0.05, 0.1) is 0 Å². The molecule has 33 heavy (non-hydrogen) atoms. The number of hydrogen-bond acceptors (Lipinski definition) is 2. The molecular formula is C28H44Cl2O2Ti. The fraction of sp³-hybridized carbons (Fsp3) is 0.571. The largest absolute Gasteiger partial charge is 2.00 e. The van der Waals surface area contributed by atoms with Crippen LogP contribution in [0.3, 0.4) is 0 Å². The topological polar surface area (TPSA) is 40.5 Å². The third-order valence-electron chi connectivity index (χ3n) is 5.30. The second kappa shape index (κ2) is 12.9. The van der Waals surface area contributed by atoms with Crippen molar-refractivity contribution in [2.45, 2.75) is 105 Å². The number of phenols is 2. The van der Waals surface area contributed by atoms with Crippen molar-refractivity contribution in [3.63, 3.8) is 0 Å². The van der Waals surface area contributed by atoms with Crippen molar-refractivity contribution in [3.05, 3.63) is 58.7 Å². The molecule has 0 aliphatic carbocycles. The average Bonchev–Trinajstić information content (AvgIpc) is 2.51. The van der Waals surface area contributed by atoms with E-state index in [1.807, 2.05) is 36.4 Å². The predicted molar refractivity (Wildman–Crippen MR) is 131 cm³/mol. The average molecular weight is 531 g/mol. The molecule has 0 radical (unpaired) electrons. The van der Waals surface area contributed by atoms with Crippen molar-refractivity contribution in [2.24, 2.45) is 0 Å². The third-order valence-corrected chi connectivity index (χ3v) is 5.30. The minimum absolute atomic E-state index is 0. The number of rotatable bonds is 0. The van der Waals surface area contributed by atoms with Gasteiger partial charge in [0, 0.05) is 0 Å². The number of hydrogen-bond donors (Lipinski definition) is 2. The number of halogens is 2. The molecule has 5 heteroatoms. The first kappa shape index (κ1) is 36.9. The molecule has 0 amide bonds. The molecule has 0 aromatic heterocycles. The molecule has 186 valence electrons.